The lowest BCUT2D eigenvalue weighted by molar-refractivity contribution is -0.385. The Morgan fingerprint density at radius 1 is 1.17 bits per heavy atom. The number of benzene rings is 1. The van der Waals surface area contributed by atoms with Crippen LogP contribution in [0.5, 0.6) is 0 Å². The Kier molecular flexibility index (Phi) is 5.18. The molecule has 0 unspecified atom stereocenters. The van der Waals surface area contributed by atoms with E-state index in [1.54, 1.807) is 12.3 Å². The fraction of sp³-hybridized carbons (Fsp3) is 0.0769. The SMILES string of the molecule is Cc1ccccn1.O=Cc1ccccc1[N+](=O)[O-]. The molecule has 1 aromatic heterocycles. The van der Waals surface area contributed by atoms with E-state index in [4.69, 9.17) is 0 Å². The van der Waals surface area contributed by atoms with Crippen LogP contribution in [-0.4, -0.2) is 16.2 Å². The van der Waals surface area contributed by atoms with Crippen LogP contribution in [0.3, 0.4) is 0 Å². The largest absolute Gasteiger partial charge is 0.298 e. The fourth-order valence-electron chi connectivity index (χ4n) is 1.20. The zero-order chi connectivity index (χ0) is 13.4. The molecule has 2 rings (SSSR count). The Hall–Kier alpha value is -2.56. The number of carbonyl (C=O) groups is 1. The van der Waals surface area contributed by atoms with E-state index in [9.17, 15) is 14.9 Å². The van der Waals surface area contributed by atoms with E-state index in [-0.39, 0.29) is 11.3 Å². The van der Waals surface area contributed by atoms with E-state index >= 15 is 0 Å². The molecule has 0 spiro atoms. The number of nitro groups is 1. The molecule has 0 N–H and O–H groups in total. The van der Waals surface area contributed by atoms with E-state index in [0.717, 1.165) is 5.69 Å². The van der Waals surface area contributed by atoms with Crippen LogP contribution in [0.1, 0.15) is 16.1 Å². The standard InChI is InChI=1S/C7H5NO3.C6H7N/c9-5-6-3-1-2-4-7(6)8(10)11;1-6-4-2-3-5-7-6/h1-5H;2-5H,1H3. The van der Waals surface area contributed by atoms with Gasteiger partial charge in [-0.1, -0.05) is 18.2 Å². The molecule has 2 aromatic rings. The topological polar surface area (TPSA) is 73.1 Å². The molecule has 1 aromatic carbocycles. The molecule has 0 saturated heterocycles. The molecule has 1 heterocycles. The number of pyridine rings is 1. The molecule has 0 atom stereocenters. The molecule has 92 valence electrons. The van der Waals surface area contributed by atoms with Crippen molar-refractivity contribution in [2.45, 2.75) is 6.92 Å². The van der Waals surface area contributed by atoms with Gasteiger partial charge in [0, 0.05) is 18.0 Å². The van der Waals surface area contributed by atoms with Crippen molar-refractivity contribution in [3.63, 3.8) is 0 Å². The lowest BCUT2D eigenvalue weighted by Crippen LogP contribution is -1.92. The minimum Gasteiger partial charge on any atom is -0.298 e. The first-order chi connectivity index (χ1) is 8.65. The molecular weight excluding hydrogens is 232 g/mol. The number of nitrogens with zero attached hydrogens (tertiary/aromatic N) is 2. The highest BCUT2D eigenvalue weighted by Gasteiger charge is 2.09. The van der Waals surface area contributed by atoms with Crippen LogP contribution in [-0.2, 0) is 0 Å². The van der Waals surface area contributed by atoms with Crippen molar-refractivity contribution in [1.82, 2.24) is 4.98 Å². The first-order valence-corrected chi connectivity index (χ1v) is 5.21. The van der Waals surface area contributed by atoms with Gasteiger partial charge in [0.05, 0.1) is 10.5 Å². The van der Waals surface area contributed by atoms with E-state index in [0.29, 0.717) is 6.29 Å². The number of aldehydes is 1. The summed E-state index contributed by atoms with van der Waals surface area (Å²) in [5.41, 5.74) is 1.03. The number of carbonyl (C=O) groups excluding carboxylic acids is 1. The smallest absolute Gasteiger partial charge is 0.279 e. The Labute approximate surface area is 104 Å². The summed E-state index contributed by atoms with van der Waals surface area (Å²) >= 11 is 0. The Morgan fingerprint density at radius 2 is 1.83 bits per heavy atom. The molecular formula is C13H12N2O3. The van der Waals surface area contributed by atoms with Gasteiger partial charge >= 0.3 is 0 Å². The summed E-state index contributed by atoms with van der Waals surface area (Å²) in [5, 5.41) is 10.2. The predicted molar refractivity (Wildman–Crippen MR) is 67.5 cm³/mol. The van der Waals surface area contributed by atoms with Crippen molar-refractivity contribution < 1.29 is 9.72 Å². The highest BCUT2D eigenvalue weighted by Crippen LogP contribution is 2.14. The molecule has 0 aliphatic heterocycles. The van der Waals surface area contributed by atoms with Crippen LogP contribution in [0.4, 0.5) is 5.69 Å². The maximum atomic E-state index is 10.2. The predicted octanol–water partition coefficient (Wildman–Crippen LogP) is 2.80. The van der Waals surface area contributed by atoms with Crippen molar-refractivity contribution in [1.29, 1.82) is 0 Å². The number of para-hydroxylation sites is 1. The normalized spacial score (nSPS) is 8.94. The Morgan fingerprint density at radius 3 is 2.22 bits per heavy atom. The molecule has 0 aliphatic carbocycles. The van der Waals surface area contributed by atoms with Gasteiger partial charge in [-0.15, -0.1) is 0 Å². The minimum absolute atomic E-state index is 0.109. The highest BCUT2D eigenvalue weighted by molar-refractivity contribution is 5.81. The van der Waals surface area contributed by atoms with Crippen LogP contribution in [0.15, 0.2) is 48.7 Å². The lowest BCUT2D eigenvalue weighted by atomic mass is 10.2. The second-order valence-corrected chi connectivity index (χ2v) is 3.40. The monoisotopic (exact) mass is 244 g/mol. The van der Waals surface area contributed by atoms with Crippen LogP contribution in [0.25, 0.3) is 0 Å². The van der Waals surface area contributed by atoms with Gasteiger partial charge in [0.25, 0.3) is 5.69 Å². The van der Waals surface area contributed by atoms with Gasteiger partial charge in [-0.05, 0) is 25.1 Å². The number of aryl methyl sites for hydroxylation is 1. The summed E-state index contributed by atoms with van der Waals surface area (Å²) in [6.45, 7) is 1.97. The second-order valence-electron chi connectivity index (χ2n) is 3.40. The Bertz CT molecular complexity index is 527. The number of aromatic nitrogens is 1. The van der Waals surface area contributed by atoms with Gasteiger partial charge in [-0.25, -0.2) is 0 Å². The van der Waals surface area contributed by atoms with Gasteiger partial charge in [-0.3, -0.25) is 19.9 Å². The van der Waals surface area contributed by atoms with E-state index < -0.39 is 4.92 Å². The number of hydrogen-bond acceptors (Lipinski definition) is 4. The maximum absolute atomic E-state index is 10.2. The molecule has 5 nitrogen and oxygen atoms in total. The van der Waals surface area contributed by atoms with Crippen molar-refractivity contribution in [2.24, 2.45) is 0 Å². The lowest BCUT2D eigenvalue weighted by Gasteiger charge is -1.91. The summed E-state index contributed by atoms with van der Waals surface area (Å²) in [6, 6.07) is 11.7. The average molecular weight is 244 g/mol. The first kappa shape index (κ1) is 13.5. The van der Waals surface area contributed by atoms with Crippen LogP contribution in [0.2, 0.25) is 0 Å². The molecule has 5 heteroatoms. The van der Waals surface area contributed by atoms with Crippen molar-refractivity contribution in [2.75, 3.05) is 0 Å². The number of rotatable bonds is 2. The summed E-state index contributed by atoms with van der Waals surface area (Å²) in [5.74, 6) is 0. The third-order valence-electron chi connectivity index (χ3n) is 2.07. The molecule has 0 radical (unpaired) electrons. The summed E-state index contributed by atoms with van der Waals surface area (Å²) in [4.78, 5) is 23.9. The maximum Gasteiger partial charge on any atom is 0.279 e. The Balaban J connectivity index is 0.000000199. The summed E-state index contributed by atoms with van der Waals surface area (Å²) in [7, 11) is 0. The zero-order valence-corrected chi connectivity index (χ0v) is 9.82. The minimum atomic E-state index is -0.580. The quantitative estimate of drug-likeness (QED) is 0.462. The molecule has 18 heavy (non-hydrogen) atoms. The second kappa shape index (κ2) is 6.90. The van der Waals surface area contributed by atoms with Gasteiger partial charge < -0.3 is 0 Å². The van der Waals surface area contributed by atoms with E-state index in [2.05, 4.69) is 4.98 Å². The van der Waals surface area contributed by atoms with Crippen LogP contribution >= 0.6 is 0 Å². The van der Waals surface area contributed by atoms with Crippen molar-refractivity contribution in [3.05, 3.63) is 70.0 Å². The summed E-state index contributed by atoms with van der Waals surface area (Å²) < 4.78 is 0. The van der Waals surface area contributed by atoms with Gasteiger partial charge in [0.15, 0.2) is 6.29 Å². The first-order valence-electron chi connectivity index (χ1n) is 5.21. The van der Waals surface area contributed by atoms with Gasteiger partial charge in [-0.2, -0.15) is 0 Å². The number of nitro benzene ring substituents is 1. The average Bonchev–Trinajstić information content (AvgIpc) is 2.40. The van der Waals surface area contributed by atoms with Gasteiger partial charge in [0.1, 0.15) is 0 Å². The van der Waals surface area contributed by atoms with Crippen molar-refractivity contribution in [3.8, 4) is 0 Å². The molecule has 0 aliphatic rings. The number of hydrogen-bond donors (Lipinski definition) is 0. The van der Waals surface area contributed by atoms with Crippen molar-refractivity contribution >= 4 is 12.0 Å². The molecule has 0 saturated carbocycles. The highest BCUT2D eigenvalue weighted by atomic mass is 16.6. The van der Waals surface area contributed by atoms with E-state index in [1.807, 2.05) is 25.1 Å². The third-order valence-corrected chi connectivity index (χ3v) is 2.07. The van der Waals surface area contributed by atoms with Crippen LogP contribution in [0, 0.1) is 17.0 Å². The fourth-order valence-corrected chi connectivity index (χ4v) is 1.20. The van der Waals surface area contributed by atoms with Crippen LogP contribution < -0.4 is 0 Å². The summed E-state index contributed by atoms with van der Waals surface area (Å²) in [6.07, 6.45) is 2.26. The zero-order valence-electron chi connectivity index (χ0n) is 9.82. The van der Waals surface area contributed by atoms with E-state index in [1.165, 1.54) is 18.2 Å². The molecule has 0 fully saturated rings. The van der Waals surface area contributed by atoms with Gasteiger partial charge in [0.2, 0.25) is 0 Å². The molecule has 0 bridgehead atoms. The third kappa shape index (κ3) is 4.13. The molecule has 0 amide bonds.